The number of benzene rings is 3. The van der Waals surface area contributed by atoms with Gasteiger partial charge in [0, 0.05) is 39.5 Å². The summed E-state index contributed by atoms with van der Waals surface area (Å²) >= 11 is 0. The summed E-state index contributed by atoms with van der Waals surface area (Å²) in [7, 11) is 0. The largest absolute Gasteiger partial charge is 0.341 e. The van der Waals surface area contributed by atoms with Crippen LogP contribution in [0.1, 0.15) is 35.3 Å². The molecule has 0 aliphatic heterocycles. The lowest BCUT2D eigenvalue weighted by Gasteiger charge is -2.07. The zero-order chi connectivity index (χ0) is 17.4. The van der Waals surface area contributed by atoms with Crippen molar-refractivity contribution in [3.05, 3.63) is 83.4 Å². The normalized spacial score (nSPS) is 11.3. The summed E-state index contributed by atoms with van der Waals surface area (Å²) < 4.78 is 2.30. The molecule has 0 spiro atoms. The molecule has 0 bridgehead atoms. The van der Waals surface area contributed by atoms with Crippen LogP contribution in [0.4, 0.5) is 0 Å². The van der Waals surface area contributed by atoms with E-state index in [0.29, 0.717) is 0 Å². The van der Waals surface area contributed by atoms with E-state index in [4.69, 9.17) is 0 Å². The third-order valence-corrected chi connectivity index (χ3v) is 4.99. The number of aryl methyl sites for hydroxylation is 2. The Balaban J connectivity index is 1.92. The molecule has 0 aliphatic rings. The molecule has 4 rings (SSSR count). The highest BCUT2D eigenvalue weighted by Gasteiger charge is 2.15. The lowest BCUT2D eigenvalue weighted by atomic mass is 9.96. The molecule has 0 N–H and O–H groups in total. The maximum absolute atomic E-state index is 13.1. The van der Waals surface area contributed by atoms with Crippen LogP contribution in [0.25, 0.3) is 21.8 Å². The minimum Gasteiger partial charge on any atom is -0.341 e. The first-order chi connectivity index (χ1) is 12.2. The number of carbonyl (C=O) groups excluding carboxylic acids is 1. The van der Waals surface area contributed by atoms with Gasteiger partial charge in [-0.05, 0) is 43.2 Å². The van der Waals surface area contributed by atoms with Gasteiger partial charge in [-0.1, -0.05) is 49.4 Å². The van der Waals surface area contributed by atoms with Crippen LogP contribution in [0.5, 0.6) is 0 Å². The first-order valence-corrected chi connectivity index (χ1v) is 8.88. The molecule has 0 saturated carbocycles. The Labute approximate surface area is 147 Å². The van der Waals surface area contributed by atoms with Gasteiger partial charge in [-0.25, -0.2) is 0 Å². The van der Waals surface area contributed by atoms with E-state index in [1.54, 1.807) is 0 Å². The van der Waals surface area contributed by atoms with Crippen LogP contribution in [0.3, 0.4) is 0 Å². The summed E-state index contributed by atoms with van der Waals surface area (Å²) in [5.74, 6) is 0.104. The molecular weight excluding hydrogens is 306 g/mol. The molecule has 0 aliphatic carbocycles. The van der Waals surface area contributed by atoms with Gasteiger partial charge in [-0.3, -0.25) is 4.79 Å². The second-order valence-electron chi connectivity index (χ2n) is 6.33. The number of ketones is 1. The van der Waals surface area contributed by atoms with Crippen LogP contribution in [-0.2, 0) is 13.0 Å². The zero-order valence-electron chi connectivity index (χ0n) is 14.6. The Bertz CT molecular complexity index is 1090. The molecular formula is C23H21NO. The van der Waals surface area contributed by atoms with Gasteiger partial charge in [0.2, 0.25) is 0 Å². The van der Waals surface area contributed by atoms with E-state index >= 15 is 0 Å². The van der Waals surface area contributed by atoms with Crippen molar-refractivity contribution >= 4 is 27.6 Å². The molecule has 0 atom stereocenters. The van der Waals surface area contributed by atoms with Crippen LogP contribution in [0, 0.1) is 0 Å². The van der Waals surface area contributed by atoms with Crippen LogP contribution >= 0.6 is 0 Å². The minimum absolute atomic E-state index is 0.104. The molecule has 0 unspecified atom stereocenters. The number of rotatable bonds is 4. The third-order valence-electron chi connectivity index (χ3n) is 4.99. The smallest absolute Gasteiger partial charge is 0.193 e. The predicted molar refractivity (Wildman–Crippen MR) is 104 cm³/mol. The van der Waals surface area contributed by atoms with Crippen molar-refractivity contribution < 1.29 is 4.79 Å². The number of fused-ring (bicyclic) bond motifs is 3. The molecule has 25 heavy (non-hydrogen) atoms. The van der Waals surface area contributed by atoms with Gasteiger partial charge >= 0.3 is 0 Å². The van der Waals surface area contributed by atoms with E-state index in [0.717, 1.165) is 35.0 Å². The molecule has 0 fully saturated rings. The lowest BCUT2D eigenvalue weighted by molar-refractivity contribution is 0.103. The average molecular weight is 327 g/mol. The summed E-state index contributed by atoms with van der Waals surface area (Å²) in [6.45, 7) is 5.16. The summed E-state index contributed by atoms with van der Waals surface area (Å²) in [5.41, 5.74) is 5.07. The van der Waals surface area contributed by atoms with Crippen LogP contribution < -0.4 is 0 Å². The highest BCUT2D eigenvalue weighted by atomic mass is 16.1. The lowest BCUT2D eigenvalue weighted by Crippen LogP contribution is -2.05. The first-order valence-electron chi connectivity index (χ1n) is 8.88. The van der Waals surface area contributed by atoms with Gasteiger partial charge in [-0.15, -0.1) is 0 Å². The van der Waals surface area contributed by atoms with E-state index < -0.39 is 0 Å². The second kappa shape index (κ2) is 6.21. The molecule has 2 heteroatoms. The Kier molecular flexibility index (Phi) is 3.89. The number of para-hydroxylation sites is 1. The fourth-order valence-corrected chi connectivity index (χ4v) is 3.74. The fraction of sp³-hybridized carbons (Fsp3) is 0.174. The van der Waals surface area contributed by atoms with E-state index in [9.17, 15) is 4.79 Å². The van der Waals surface area contributed by atoms with Crippen LogP contribution in [0.2, 0.25) is 0 Å². The van der Waals surface area contributed by atoms with E-state index in [-0.39, 0.29) is 5.78 Å². The summed E-state index contributed by atoms with van der Waals surface area (Å²) in [6, 6.07) is 22.4. The van der Waals surface area contributed by atoms with Crippen molar-refractivity contribution in [1.29, 1.82) is 0 Å². The van der Waals surface area contributed by atoms with Crippen molar-refractivity contribution in [3.8, 4) is 0 Å². The number of hydrogen-bond acceptors (Lipinski definition) is 1. The number of aromatic nitrogens is 1. The van der Waals surface area contributed by atoms with Crippen molar-refractivity contribution in [2.75, 3.05) is 0 Å². The third kappa shape index (κ3) is 2.45. The Morgan fingerprint density at radius 1 is 0.840 bits per heavy atom. The Morgan fingerprint density at radius 3 is 2.36 bits per heavy atom. The predicted octanol–water partition coefficient (Wildman–Crippen LogP) is 5.61. The van der Waals surface area contributed by atoms with E-state index in [1.165, 1.54) is 16.4 Å². The number of hydrogen-bond donors (Lipinski definition) is 0. The minimum atomic E-state index is 0.104. The van der Waals surface area contributed by atoms with Crippen LogP contribution in [0.15, 0.2) is 66.7 Å². The van der Waals surface area contributed by atoms with Gasteiger partial charge in [0.1, 0.15) is 0 Å². The monoisotopic (exact) mass is 327 g/mol. The molecule has 1 aromatic heterocycles. The van der Waals surface area contributed by atoms with E-state index in [1.807, 2.05) is 30.3 Å². The van der Waals surface area contributed by atoms with Crippen molar-refractivity contribution in [2.24, 2.45) is 0 Å². The Morgan fingerprint density at radius 2 is 1.56 bits per heavy atom. The SMILES string of the molecule is CCc1ccccc1C(=O)c1ccc2c(c1)c1ccccc1n2CC. The highest BCUT2D eigenvalue weighted by Crippen LogP contribution is 2.30. The summed E-state index contributed by atoms with van der Waals surface area (Å²) in [5, 5.41) is 2.36. The summed E-state index contributed by atoms with van der Waals surface area (Å²) in [4.78, 5) is 13.1. The van der Waals surface area contributed by atoms with E-state index in [2.05, 4.69) is 54.8 Å². The van der Waals surface area contributed by atoms with Crippen molar-refractivity contribution in [2.45, 2.75) is 26.8 Å². The second-order valence-corrected chi connectivity index (χ2v) is 6.33. The molecule has 0 saturated heterocycles. The van der Waals surface area contributed by atoms with Gasteiger partial charge < -0.3 is 4.57 Å². The zero-order valence-corrected chi connectivity index (χ0v) is 14.6. The van der Waals surface area contributed by atoms with Crippen LogP contribution in [-0.4, -0.2) is 10.4 Å². The molecule has 2 nitrogen and oxygen atoms in total. The van der Waals surface area contributed by atoms with Gasteiger partial charge in [0.25, 0.3) is 0 Å². The molecule has 124 valence electrons. The molecule has 1 heterocycles. The molecule has 0 amide bonds. The maximum atomic E-state index is 13.1. The van der Waals surface area contributed by atoms with Crippen molar-refractivity contribution in [3.63, 3.8) is 0 Å². The molecule has 4 aromatic rings. The average Bonchev–Trinajstić information content (AvgIpc) is 3.00. The first kappa shape index (κ1) is 15.6. The van der Waals surface area contributed by atoms with Gasteiger partial charge in [-0.2, -0.15) is 0 Å². The number of carbonyl (C=O) groups is 1. The standard InChI is InChI=1S/C23H21NO/c1-3-16-9-5-6-10-18(16)23(25)17-13-14-22-20(15-17)19-11-7-8-12-21(19)24(22)4-2/h5-15H,3-4H2,1-2H3. The molecule has 3 aromatic carbocycles. The Hall–Kier alpha value is -2.87. The van der Waals surface area contributed by atoms with Crippen molar-refractivity contribution in [1.82, 2.24) is 4.57 Å². The highest BCUT2D eigenvalue weighted by molar-refractivity contribution is 6.15. The topological polar surface area (TPSA) is 22.0 Å². The fourth-order valence-electron chi connectivity index (χ4n) is 3.74. The van der Waals surface area contributed by atoms with Gasteiger partial charge in [0.15, 0.2) is 5.78 Å². The summed E-state index contributed by atoms with van der Waals surface area (Å²) in [6.07, 6.45) is 0.860. The van der Waals surface area contributed by atoms with Gasteiger partial charge in [0.05, 0.1) is 0 Å². The molecule has 0 radical (unpaired) electrons. The maximum Gasteiger partial charge on any atom is 0.193 e. The number of nitrogens with zero attached hydrogens (tertiary/aromatic N) is 1. The quantitative estimate of drug-likeness (QED) is 0.447.